The highest BCUT2D eigenvalue weighted by molar-refractivity contribution is 6.24. The van der Waals surface area contributed by atoms with Gasteiger partial charge in [-0.25, -0.2) is 8.78 Å². The van der Waals surface area contributed by atoms with E-state index in [2.05, 4.69) is 16.0 Å². The van der Waals surface area contributed by atoms with E-state index in [4.69, 9.17) is 0 Å². The minimum atomic E-state index is -2.52. The lowest BCUT2D eigenvalue weighted by atomic mass is 10.0. The van der Waals surface area contributed by atoms with Crippen LogP contribution in [0, 0.1) is 0 Å². The molecule has 2 unspecified atom stereocenters. The monoisotopic (exact) mass is 449 g/mol. The summed E-state index contributed by atoms with van der Waals surface area (Å²) in [5, 5.41) is 8.30. The van der Waals surface area contributed by atoms with E-state index in [1.54, 1.807) is 17.0 Å². The molecule has 32 heavy (non-hydrogen) atoms. The van der Waals surface area contributed by atoms with Crippen molar-refractivity contribution in [3.05, 3.63) is 34.9 Å². The van der Waals surface area contributed by atoms with E-state index in [0.29, 0.717) is 31.7 Å². The highest BCUT2D eigenvalue weighted by atomic mass is 19.3. The molecular weight excluding hydrogens is 424 g/mol. The van der Waals surface area contributed by atoms with E-state index >= 15 is 0 Å². The highest BCUT2D eigenvalue weighted by Gasteiger charge is 2.45. The molecule has 0 spiro atoms. The number of carbonyl (C=O) groups is 4. The molecule has 1 aromatic rings. The van der Waals surface area contributed by atoms with E-state index in [-0.39, 0.29) is 37.1 Å². The summed E-state index contributed by atoms with van der Waals surface area (Å²) < 4.78 is 27.2. The van der Waals surface area contributed by atoms with Gasteiger partial charge in [0.15, 0.2) is 0 Å². The Hall–Kier alpha value is -2.76. The van der Waals surface area contributed by atoms with Gasteiger partial charge in [-0.05, 0) is 18.1 Å². The van der Waals surface area contributed by atoms with Gasteiger partial charge in [0.25, 0.3) is 18.2 Å². The normalized spacial score (nSPS) is 23.0. The Bertz CT molecular complexity index is 935. The summed E-state index contributed by atoms with van der Waals surface area (Å²) in [5.41, 5.74) is 0.848. The third-order valence-corrected chi connectivity index (χ3v) is 6.13. The molecule has 4 rings (SSSR count). The van der Waals surface area contributed by atoms with Crippen molar-refractivity contribution in [1.29, 1.82) is 0 Å². The molecule has 3 aliphatic rings. The van der Waals surface area contributed by atoms with Gasteiger partial charge in [-0.15, -0.1) is 0 Å². The molecule has 0 saturated carbocycles. The van der Waals surface area contributed by atoms with Crippen molar-refractivity contribution in [2.24, 2.45) is 0 Å². The molecular formula is C21H25F2N5O4. The number of imide groups is 2. The van der Waals surface area contributed by atoms with Gasteiger partial charge in [-0.3, -0.25) is 34.3 Å². The largest absolute Gasteiger partial charge is 0.314 e. The second-order valence-corrected chi connectivity index (χ2v) is 8.11. The smallest absolute Gasteiger partial charge is 0.262 e. The highest BCUT2D eigenvalue weighted by Crippen LogP contribution is 2.30. The van der Waals surface area contributed by atoms with Crippen LogP contribution in [0.15, 0.2) is 18.2 Å². The molecule has 3 heterocycles. The number of rotatable bonds is 7. The van der Waals surface area contributed by atoms with Crippen LogP contribution >= 0.6 is 0 Å². The van der Waals surface area contributed by atoms with Crippen LogP contribution in [0.1, 0.15) is 39.1 Å². The average Bonchev–Trinajstić information content (AvgIpc) is 3.03. The van der Waals surface area contributed by atoms with Crippen molar-refractivity contribution in [3.8, 4) is 0 Å². The molecule has 4 amide bonds. The lowest BCUT2D eigenvalue weighted by Crippen LogP contribution is -2.54. The summed E-state index contributed by atoms with van der Waals surface area (Å²) >= 11 is 0. The maximum Gasteiger partial charge on any atom is 0.262 e. The summed E-state index contributed by atoms with van der Waals surface area (Å²) in [6.07, 6.45) is -2.41. The summed E-state index contributed by atoms with van der Waals surface area (Å²) in [5.74, 6) is -2.31. The number of hydrogen-bond acceptors (Lipinski definition) is 7. The van der Waals surface area contributed by atoms with Crippen LogP contribution in [0.4, 0.5) is 8.78 Å². The summed E-state index contributed by atoms with van der Waals surface area (Å²) in [6.45, 7) is 2.53. The number of fused-ring (bicyclic) bond motifs is 1. The standard InChI is InChI=1S/C21H25F2N5O4/c22-18(23)15(27-8-6-24-7-9-27)11-25-10-12-2-1-3-13-17(12)21(32)28(20(13)31)14-4-5-16(29)26-19(14)30/h1-3,14-15,18,24-25H,4-11H2,(H,26,29,30). The maximum absolute atomic E-state index is 13.6. The number of benzene rings is 1. The second-order valence-electron chi connectivity index (χ2n) is 8.11. The Morgan fingerprint density at radius 1 is 1.09 bits per heavy atom. The number of amides is 4. The Kier molecular flexibility index (Phi) is 6.58. The average molecular weight is 449 g/mol. The molecule has 2 saturated heterocycles. The van der Waals surface area contributed by atoms with Gasteiger partial charge in [0.2, 0.25) is 11.8 Å². The van der Waals surface area contributed by atoms with Crippen LogP contribution in [0.5, 0.6) is 0 Å². The first kappa shape index (κ1) is 22.4. The molecule has 9 nitrogen and oxygen atoms in total. The fourth-order valence-electron chi connectivity index (χ4n) is 4.48. The predicted molar refractivity (Wildman–Crippen MR) is 109 cm³/mol. The third kappa shape index (κ3) is 4.27. The predicted octanol–water partition coefficient (Wildman–Crippen LogP) is -0.284. The van der Waals surface area contributed by atoms with E-state index in [1.165, 1.54) is 6.07 Å². The molecule has 11 heteroatoms. The van der Waals surface area contributed by atoms with Gasteiger partial charge in [-0.2, -0.15) is 0 Å². The number of carbonyl (C=O) groups excluding carboxylic acids is 4. The molecule has 0 aliphatic carbocycles. The van der Waals surface area contributed by atoms with Crippen molar-refractivity contribution in [1.82, 2.24) is 25.8 Å². The van der Waals surface area contributed by atoms with Crippen LogP contribution < -0.4 is 16.0 Å². The molecule has 2 fully saturated rings. The number of nitrogens with one attached hydrogen (secondary N) is 3. The molecule has 172 valence electrons. The lowest BCUT2D eigenvalue weighted by Gasteiger charge is -2.34. The summed E-state index contributed by atoms with van der Waals surface area (Å²) in [7, 11) is 0. The molecule has 2 atom stereocenters. The Morgan fingerprint density at radius 3 is 2.53 bits per heavy atom. The minimum Gasteiger partial charge on any atom is -0.314 e. The number of hydrogen-bond donors (Lipinski definition) is 3. The van der Waals surface area contributed by atoms with Crippen molar-refractivity contribution in [2.45, 2.75) is 37.9 Å². The maximum atomic E-state index is 13.6. The van der Waals surface area contributed by atoms with Crippen LogP contribution in [0.25, 0.3) is 0 Å². The van der Waals surface area contributed by atoms with Crippen LogP contribution in [-0.4, -0.2) is 84.7 Å². The zero-order chi connectivity index (χ0) is 22.8. The quantitative estimate of drug-likeness (QED) is 0.491. The lowest BCUT2D eigenvalue weighted by molar-refractivity contribution is -0.136. The molecule has 0 radical (unpaired) electrons. The van der Waals surface area contributed by atoms with Crippen molar-refractivity contribution in [2.75, 3.05) is 32.7 Å². The van der Waals surface area contributed by atoms with Gasteiger partial charge in [-0.1, -0.05) is 12.1 Å². The first-order valence-corrected chi connectivity index (χ1v) is 10.7. The summed E-state index contributed by atoms with van der Waals surface area (Å²) in [4.78, 5) is 52.2. The second kappa shape index (κ2) is 9.39. The molecule has 3 N–H and O–H groups in total. The SMILES string of the molecule is O=C1CCC(N2C(=O)c3cccc(CNCC(C(F)F)N4CCNCC4)c3C2=O)C(=O)N1. The van der Waals surface area contributed by atoms with Crippen LogP contribution in [0.3, 0.4) is 0 Å². The Morgan fingerprint density at radius 2 is 1.84 bits per heavy atom. The van der Waals surface area contributed by atoms with Gasteiger partial charge < -0.3 is 10.6 Å². The fraction of sp³-hybridized carbons (Fsp3) is 0.524. The fourth-order valence-corrected chi connectivity index (χ4v) is 4.48. The van der Waals surface area contributed by atoms with Crippen LogP contribution in [-0.2, 0) is 16.1 Å². The topological polar surface area (TPSA) is 111 Å². The Balaban J connectivity index is 1.47. The number of nitrogens with zero attached hydrogens (tertiary/aromatic N) is 2. The number of piperazine rings is 1. The molecule has 0 aromatic heterocycles. The first-order chi connectivity index (χ1) is 15.4. The number of piperidine rings is 1. The van der Waals surface area contributed by atoms with Crippen molar-refractivity contribution < 1.29 is 28.0 Å². The van der Waals surface area contributed by atoms with E-state index in [1.807, 2.05) is 0 Å². The Labute approximate surface area is 183 Å². The zero-order valence-corrected chi connectivity index (χ0v) is 17.4. The molecule has 1 aromatic carbocycles. The van der Waals surface area contributed by atoms with Gasteiger partial charge in [0, 0.05) is 45.7 Å². The van der Waals surface area contributed by atoms with E-state index in [0.717, 1.165) is 4.90 Å². The first-order valence-electron chi connectivity index (χ1n) is 10.7. The van der Waals surface area contributed by atoms with Crippen molar-refractivity contribution in [3.63, 3.8) is 0 Å². The van der Waals surface area contributed by atoms with E-state index < -0.39 is 42.1 Å². The van der Waals surface area contributed by atoms with Gasteiger partial charge in [0.05, 0.1) is 17.2 Å². The van der Waals surface area contributed by atoms with Crippen LogP contribution in [0.2, 0.25) is 0 Å². The minimum absolute atomic E-state index is 0.0281. The van der Waals surface area contributed by atoms with Gasteiger partial charge in [0.1, 0.15) is 6.04 Å². The third-order valence-electron chi connectivity index (χ3n) is 6.13. The molecule has 0 bridgehead atoms. The number of alkyl halides is 2. The van der Waals surface area contributed by atoms with Crippen molar-refractivity contribution >= 4 is 23.6 Å². The summed E-state index contributed by atoms with van der Waals surface area (Å²) in [6, 6.07) is 2.79. The zero-order valence-electron chi connectivity index (χ0n) is 17.4. The van der Waals surface area contributed by atoms with E-state index in [9.17, 15) is 28.0 Å². The van der Waals surface area contributed by atoms with Gasteiger partial charge >= 0.3 is 0 Å². The molecule has 3 aliphatic heterocycles. The number of halogens is 2.